The fourth-order valence-electron chi connectivity index (χ4n) is 3.21. The molecule has 4 aromatic carbocycles. The van der Waals surface area contributed by atoms with Gasteiger partial charge in [0.15, 0.2) is 0 Å². The molecular formula is C25H18O3. The fraction of sp³-hybridized carbons (Fsp3) is 0. The molecule has 0 radical (unpaired) electrons. The van der Waals surface area contributed by atoms with Gasteiger partial charge in [-0.05, 0) is 34.9 Å². The van der Waals surface area contributed by atoms with Crippen molar-refractivity contribution in [3.8, 4) is 33.8 Å². The molecule has 28 heavy (non-hydrogen) atoms. The Balaban J connectivity index is 2.01. The topological polar surface area (TPSA) is 46.5 Å². The van der Waals surface area contributed by atoms with Gasteiger partial charge < -0.3 is 9.84 Å². The van der Waals surface area contributed by atoms with Gasteiger partial charge in [0, 0.05) is 5.56 Å². The number of carbonyl (C=O) groups is 1. The summed E-state index contributed by atoms with van der Waals surface area (Å²) in [6.45, 7) is 0. The van der Waals surface area contributed by atoms with E-state index in [2.05, 4.69) is 0 Å². The van der Waals surface area contributed by atoms with E-state index >= 15 is 0 Å². The number of carboxylic acid groups (broad SMARTS) is 1. The standard InChI is InChI=1S/C25H18O3/c26-25(27)22-17-16-21(18-10-4-1-5-11-18)23(19-12-6-2-7-13-19)24(22)28-20-14-8-3-9-15-20/h1-17H,(H,26,27). The number of hydrogen-bond donors (Lipinski definition) is 1. The van der Waals surface area contributed by atoms with E-state index in [0.717, 1.165) is 22.3 Å². The number of benzene rings is 4. The van der Waals surface area contributed by atoms with Crippen molar-refractivity contribution >= 4 is 5.97 Å². The summed E-state index contributed by atoms with van der Waals surface area (Å²) in [7, 11) is 0. The molecule has 0 unspecified atom stereocenters. The smallest absolute Gasteiger partial charge is 0.339 e. The van der Waals surface area contributed by atoms with Crippen LogP contribution >= 0.6 is 0 Å². The zero-order chi connectivity index (χ0) is 19.3. The van der Waals surface area contributed by atoms with Gasteiger partial charge in [0.25, 0.3) is 0 Å². The van der Waals surface area contributed by atoms with Crippen molar-refractivity contribution in [3.63, 3.8) is 0 Å². The Morgan fingerprint density at radius 1 is 0.643 bits per heavy atom. The van der Waals surface area contributed by atoms with E-state index in [1.54, 1.807) is 6.07 Å². The molecule has 3 heteroatoms. The zero-order valence-corrected chi connectivity index (χ0v) is 15.1. The lowest BCUT2D eigenvalue weighted by atomic mass is 9.91. The molecule has 0 aliphatic carbocycles. The van der Waals surface area contributed by atoms with Crippen LogP contribution in [0.15, 0.2) is 103 Å². The monoisotopic (exact) mass is 366 g/mol. The number of ether oxygens (including phenoxy) is 1. The second kappa shape index (κ2) is 7.80. The summed E-state index contributed by atoms with van der Waals surface area (Å²) in [5.74, 6) is -0.0960. The first-order chi connectivity index (χ1) is 13.7. The lowest BCUT2D eigenvalue weighted by molar-refractivity contribution is 0.0694. The molecule has 4 aromatic rings. The first-order valence-electron chi connectivity index (χ1n) is 8.98. The molecule has 0 spiro atoms. The van der Waals surface area contributed by atoms with E-state index in [1.165, 1.54) is 0 Å². The van der Waals surface area contributed by atoms with Crippen LogP contribution in [0.3, 0.4) is 0 Å². The predicted octanol–water partition coefficient (Wildman–Crippen LogP) is 6.51. The Hall–Kier alpha value is -3.85. The highest BCUT2D eigenvalue weighted by atomic mass is 16.5. The fourth-order valence-corrected chi connectivity index (χ4v) is 3.21. The maximum Gasteiger partial charge on any atom is 0.339 e. The normalized spacial score (nSPS) is 10.4. The summed E-state index contributed by atoms with van der Waals surface area (Å²) in [4.78, 5) is 12.0. The Morgan fingerprint density at radius 2 is 1.18 bits per heavy atom. The molecule has 0 aliphatic heterocycles. The largest absolute Gasteiger partial charge is 0.478 e. The number of carboxylic acids is 1. The lowest BCUT2D eigenvalue weighted by Crippen LogP contribution is -2.03. The zero-order valence-electron chi connectivity index (χ0n) is 15.1. The average molecular weight is 366 g/mol. The highest BCUT2D eigenvalue weighted by molar-refractivity contribution is 5.99. The van der Waals surface area contributed by atoms with Crippen LogP contribution in [0.5, 0.6) is 11.5 Å². The summed E-state index contributed by atoms with van der Waals surface area (Å²) in [5, 5.41) is 9.80. The summed E-state index contributed by atoms with van der Waals surface area (Å²) in [6.07, 6.45) is 0. The van der Waals surface area contributed by atoms with Crippen molar-refractivity contribution in [2.45, 2.75) is 0 Å². The third-order valence-electron chi connectivity index (χ3n) is 4.50. The van der Waals surface area contributed by atoms with Crippen LogP contribution in [0, 0.1) is 0 Å². The van der Waals surface area contributed by atoms with Crippen LogP contribution in [0.4, 0.5) is 0 Å². The highest BCUT2D eigenvalue weighted by Gasteiger charge is 2.22. The van der Waals surface area contributed by atoms with Crippen LogP contribution in [-0.4, -0.2) is 11.1 Å². The quantitative estimate of drug-likeness (QED) is 0.438. The highest BCUT2D eigenvalue weighted by Crippen LogP contribution is 2.43. The Morgan fingerprint density at radius 3 is 1.75 bits per heavy atom. The van der Waals surface area contributed by atoms with Crippen LogP contribution in [0.2, 0.25) is 0 Å². The van der Waals surface area contributed by atoms with E-state index in [1.807, 2.05) is 97.1 Å². The minimum atomic E-state index is -1.03. The van der Waals surface area contributed by atoms with Gasteiger partial charge in [0.05, 0.1) is 0 Å². The van der Waals surface area contributed by atoms with Crippen LogP contribution in [0.1, 0.15) is 10.4 Å². The molecule has 0 bridgehead atoms. The van der Waals surface area contributed by atoms with Gasteiger partial charge >= 0.3 is 5.97 Å². The number of hydrogen-bond acceptors (Lipinski definition) is 2. The second-order valence-corrected chi connectivity index (χ2v) is 6.32. The maximum absolute atomic E-state index is 12.0. The Kier molecular flexibility index (Phi) is 4.89. The van der Waals surface area contributed by atoms with Gasteiger partial charge in [-0.15, -0.1) is 0 Å². The molecule has 0 heterocycles. The lowest BCUT2D eigenvalue weighted by Gasteiger charge is -2.18. The molecule has 0 fully saturated rings. The predicted molar refractivity (Wildman–Crippen MR) is 111 cm³/mol. The Bertz CT molecular complexity index is 1090. The van der Waals surface area contributed by atoms with Crippen molar-refractivity contribution in [2.24, 2.45) is 0 Å². The van der Waals surface area contributed by atoms with E-state index < -0.39 is 5.97 Å². The molecule has 0 saturated heterocycles. The summed E-state index contributed by atoms with van der Waals surface area (Å²) >= 11 is 0. The number of aromatic carboxylic acids is 1. The summed E-state index contributed by atoms with van der Waals surface area (Å²) < 4.78 is 6.14. The summed E-state index contributed by atoms with van der Waals surface area (Å²) in [5.41, 5.74) is 3.70. The molecule has 0 atom stereocenters. The first kappa shape index (κ1) is 17.6. The molecule has 136 valence electrons. The van der Waals surface area contributed by atoms with Crippen molar-refractivity contribution in [2.75, 3.05) is 0 Å². The van der Waals surface area contributed by atoms with E-state index in [0.29, 0.717) is 11.5 Å². The van der Waals surface area contributed by atoms with E-state index in [-0.39, 0.29) is 5.56 Å². The van der Waals surface area contributed by atoms with Gasteiger partial charge in [-0.3, -0.25) is 0 Å². The van der Waals surface area contributed by atoms with Gasteiger partial charge in [0.2, 0.25) is 0 Å². The van der Waals surface area contributed by atoms with Crippen molar-refractivity contribution in [1.29, 1.82) is 0 Å². The van der Waals surface area contributed by atoms with E-state index in [9.17, 15) is 9.90 Å². The van der Waals surface area contributed by atoms with Crippen molar-refractivity contribution < 1.29 is 14.6 Å². The second-order valence-electron chi connectivity index (χ2n) is 6.32. The third-order valence-corrected chi connectivity index (χ3v) is 4.50. The average Bonchev–Trinajstić information content (AvgIpc) is 2.75. The molecule has 0 aromatic heterocycles. The molecule has 1 N–H and O–H groups in total. The summed E-state index contributed by atoms with van der Waals surface area (Å²) in [6, 6.07) is 32.3. The van der Waals surface area contributed by atoms with E-state index in [4.69, 9.17) is 4.74 Å². The molecule has 0 saturated carbocycles. The molecule has 0 amide bonds. The Labute approximate surface area is 163 Å². The maximum atomic E-state index is 12.0. The van der Waals surface area contributed by atoms with Crippen LogP contribution in [0.25, 0.3) is 22.3 Å². The molecule has 0 aliphatic rings. The molecule has 3 nitrogen and oxygen atoms in total. The van der Waals surface area contributed by atoms with Gasteiger partial charge in [0.1, 0.15) is 17.1 Å². The van der Waals surface area contributed by atoms with Gasteiger partial charge in [-0.1, -0.05) is 84.9 Å². The van der Waals surface area contributed by atoms with Crippen LogP contribution in [-0.2, 0) is 0 Å². The molecular weight excluding hydrogens is 348 g/mol. The van der Waals surface area contributed by atoms with Gasteiger partial charge in [-0.2, -0.15) is 0 Å². The number of rotatable bonds is 5. The number of para-hydroxylation sites is 1. The van der Waals surface area contributed by atoms with Crippen LogP contribution < -0.4 is 4.74 Å². The van der Waals surface area contributed by atoms with Crippen molar-refractivity contribution in [3.05, 3.63) is 109 Å². The molecule has 4 rings (SSSR count). The minimum absolute atomic E-state index is 0.127. The minimum Gasteiger partial charge on any atom is -0.478 e. The SMILES string of the molecule is O=C(O)c1ccc(-c2ccccc2)c(-c2ccccc2)c1Oc1ccccc1. The first-order valence-corrected chi connectivity index (χ1v) is 8.98. The van der Waals surface area contributed by atoms with Gasteiger partial charge in [-0.25, -0.2) is 4.79 Å². The van der Waals surface area contributed by atoms with Crippen molar-refractivity contribution in [1.82, 2.24) is 0 Å². The third kappa shape index (κ3) is 3.51.